The quantitative estimate of drug-likeness (QED) is 0.849. The zero-order valence-corrected chi connectivity index (χ0v) is 15.7. The van der Waals surface area contributed by atoms with E-state index in [1.54, 1.807) is 0 Å². The summed E-state index contributed by atoms with van der Waals surface area (Å²) in [5, 5.41) is 0.731. The summed E-state index contributed by atoms with van der Waals surface area (Å²) in [6.45, 7) is 0.625. The molecule has 3 nitrogen and oxygen atoms in total. The van der Waals surface area contributed by atoms with Gasteiger partial charge in [-0.1, -0.05) is 54.4 Å². The summed E-state index contributed by atoms with van der Waals surface area (Å²) in [7, 11) is 0. The molecule has 26 heavy (non-hydrogen) atoms. The molecular formula is C22H25ClN2O. The number of hydrogen-bond acceptors (Lipinski definition) is 2. The second kappa shape index (κ2) is 7.42. The first-order chi connectivity index (χ1) is 12.6. The van der Waals surface area contributed by atoms with Crippen LogP contribution >= 0.6 is 11.6 Å². The lowest BCUT2D eigenvalue weighted by Gasteiger charge is -2.40. The van der Waals surface area contributed by atoms with Gasteiger partial charge in [0, 0.05) is 23.5 Å². The number of hydrogen-bond donors (Lipinski definition) is 1. The van der Waals surface area contributed by atoms with E-state index in [2.05, 4.69) is 23.1 Å². The fraction of sp³-hybridized carbons (Fsp3) is 0.409. The number of carbonyl (C=O) groups excluding carboxylic acids is 1. The van der Waals surface area contributed by atoms with Gasteiger partial charge >= 0.3 is 0 Å². The largest absolute Gasteiger partial charge is 0.331 e. The Hall–Kier alpha value is -1.84. The Morgan fingerprint density at radius 1 is 1.08 bits per heavy atom. The smallest absolute Gasteiger partial charge is 0.226 e. The van der Waals surface area contributed by atoms with Crippen molar-refractivity contribution < 1.29 is 4.79 Å². The zero-order chi connectivity index (χ0) is 18.1. The van der Waals surface area contributed by atoms with Gasteiger partial charge in [0.25, 0.3) is 0 Å². The number of rotatable bonds is 2. The molecule has 0 aromatic heterocycles. The average Bonchev–Trinajstić information content (AvgIpc) is 2.67. The van der Waals surface area contributed by atoms with Crippen LogP contribution in [0.15, 0.2) is 48.5 Å². The molecule has 2 aromatic carbocycles. The number of fused-ring (bicyclic) bond motifs is 1. The first-order valence-electron chi connectivity index (χ1n) is 9.50. The zero-order valence-electron chi connectivity index (χ0n) is 14.9. The molecule has 2 aliphatic rings. The van der Waals surface area contributed by atoms with E-state index in [4.69, 9.17) is 17.3 Å². The molecule has 4 heteroatoms. The second-order valence-electron chi connectivity index (χ2n) is 7.63. The minimum absolute atomic E-state index is 0.0469. The number of benzene rings is 2. The van der Waals surface area contributed by atoms with Gasteiger partial charge in [0.1, 0.15) is 0 Å². The molecule has 3 atom stereocenters. The molecule has 1 heterocycles. The van der Waals surface area contributed by atoms with Gasteiger partial charge in [-0.05, 0) is 54.5 Å². The Bertz CT molecular complexity index is 792. The summed E-state index contributed by atoms with van der Waals surface area (Å²) in [4.78, 5) is 15.5. The average molecular weight is 369 g/mol. The molecule has 2 aromatic rings. The van der Waals surface area contributed by atoms with Crippen LogP contribution in [-0.4, -0.2) is 16.8 Å². The normalized spacial score (nSPS) is 25.6. The Balaban J connectivity index is 1.67. The van der Waals surface area contributed by atoms with Gasteiger partial charge in [-0.2, -0.15) is 0 Å². The Kier molecular flexibility index (Phi) is 5.01. The fourth-order valence-corrected chi connectivity index (χ4v) is 4.64. The molecule has 1 fully saturated rings. The van der Waals surface area contributed by atoms with E-state index in [1.165, 1.54) is 11.1 Å². The maximum atomic E-state index is 13.4. The van der Waals surface area contributed by atoms with Crippen molar-refractivity contribution in [3.05, 3.63) is 70.2 Å². The van der Waals surface area contributed by atoms with Gasteiger partial charge in [0.15, 0.2) is 0 Å². The number of nitrogens with zero attached hydrogens (tertiary/aromatic N) is 1. The van der Waals surface area contributed by atoms with Crippen LogP contribution in [0.2, 0.25) is 5.02 Å². The van der Waals surface area contributed by atoms with Crippen molar-refractivity contribution in [3.63, 3.8) is 0 Å². The van der Waals surface area contributed by atoms with Crippen LogP contribution in [0.3, 0.4) is 0 Å². The Morgan fingerprint density at radius 2 is 1.88 bits per heavy atom. The van der Waals surface area contributed by atoms with Gasteiger partial charge in [-0.25, -0.2) is 0 Å². The highest BCUT2D eigenvalue weighted by atomic mass is 35.5. The second-order valence-corrected chi connectivity index (χ2v) is 8.07. The summed E-state index contributed by atoms with van der Waals surface area (Å²) in [6, 6.07) is 16.6. The van der Waals surface area contributed by atoms with Crippen molar-refractivity contribution in [1.29, 1.82) is 0 Å². The predicted molar refractivity (Wildman–Crippen MR) is 105 cm³/mol. The van der Waals surface area contributed by atoms with Crippen LogP contribution < -0.4 is 5.73 Å². The van der Waals surface area contributed by atoms with E-state index in [1.807, 2.05) is 30.3 Å². The van der Waals surface area contributed by atoms with Crippen molar-refractivity contribution in [2.75, 3.05) is 0 Å². The maximum Gasteiger partial charge on any atom is 0.226 e. The minimum atomic E-state index is 0.0469. The van der Waals surface area contributed by atoms with Gasteiger partial charge in [-0.3, -0.25) is 4.79 Å². The summed E-state index contributed by atoms with van der Waals surface area (Å²) in [5.74, 6) is 0.297. The molecule has 4 rings (SSSR count). The SMILES string of the molecule is NC1CCCC(C(=O)N2Cc3cc(Cl)ccc3CC2c2ccccc2)C1. The standard InChI is InChI=1S/C22H25ClN2O/c23-19-10-9-16-13-21(15-5-2-1-3-6-15)25(14-18(16)11-19)22(26)17-7-4-8-20(24)12-17/h1-3,5-6,9-11,17,20-21H,4,7-8,12-14,24H2. The first kappa shape index (κ1) is 17.6. The molecule has 1 amide bonds. The van der Waals surface area contributed by atoms with Crippen LogP contribution in [0.5, 0.6) is 0 Å². The minimum Gasteiger partial charge on any atom is -0.331 e. The lowest BCUT2D eigenvalue weighted by atomic mass is 9.83. The maximum absolute atomic E-state index is 13.4. The number of carbonyl (C=O) groups is 1. The molecular weight excluding hydrogens is 344 g/mol. The van der Waals surface area contributed by atoms with E-state index < -0.39 is 0 Å². The number of nitrogens with two attached hydrogens (primary N) is 1. The highest BCUT2D eigenvalue weighted by Gasteiger charge is 2.36. The topological polar surface area (TPSA) is 46.3 Å². The highest BCUT2D eigenvalue weighted by Crippen LogP contribution is 2.37. The molecule has 1 aliphatic heterocycles. The van der Waals surface area contributed by atoms with Crippen LogP contribution in [0.1, 0.15) is 48.4 Å². The molecule has 0 saturated heterocycles. The van der Waals surface area contributed by atoms with E-state index in [0.29, 0.717) is 6.54 Å². The number of halogens is 1. The monoisotopic (exact) mass is 368 g/mol. The third-order valence-electron chi connectivity index (χ3n) is 5.83. The van der Waals surface area contributed by atoms with Gasteiger partial charge in [0.2, 0.25) is 5.91 Å². The van der Waals surface area contributed by atoms with E-state index in [-0.39, 0.29) is 23.9 Å². The summed E-state index contributed by atoms with van der Waals surface area (Å²) < 4.78 is 0. The third-order valence-corrected chi connectivity index (χ3v) is 6.07. The van der Waals surface area contributed by atoms with Crippen LogP contribution in [0.25, 0.3) is 0 Å². The van der Waals surface area contributed by atoms with E-state index >= 15 is 0 Å². The van der Waals surface area contributed by atoms with E-state index in [9.17, 15) is 4.79 Å². The van der Waals surface area contributed by atoms with Crippen molar-refractivity contribution >= 4 is 17.5 Å². The van der Waals surface area contributed by atoms with Gasteiger partial charge in [0.05, 0.1) is 6.04 Å². The molecule has 1 aliphatic carbocycles. The van der Waals surface area contributed by atoms with Crippen LogP contribution in [0, 0.1) is 5.92 Å². The third kappa shape index (κ3) is 3.51. The highest BCUT2D eigenvalue weighted by molar-refractivity contribution is 6.30. The summed E-state index contributed by atoms with van der Waals surface area (Å²) in [6.07, 6.45) is 4.67. The molecule has 0 bridgehead atoms. The lowest BCUT2D eigenvalue weighted by Crippen LogP contribution is -2.44. The lowest BCUT2D eigenvalue weighted by molar-refractivity contribution is -0.140. The van der Waals surface area contributed by atoms with Crippen molar-refractivity contribution in [2.24, 2.45) is 11.7 Å². The van der Waals surface area contributed by atoms with Gasteiger partial charge < -0.3 is 10.6 Å². The molecule has 2 N–H and O–H groups in total. The van der Waals surface area contributed by atoms with Crippen LogP contribution in [-0.2, 0) is 17.8 Å². The van der Waals surface area contributed by atoms with Crippen molar-refractivity contribution in [2.45, 2.75) is 50.7 Å². The Morgan fingerprint density at radius 3 is 2.65 bits per heavy atom. The fourth-order valence-electron chi connectivity index (χ4n) is 4.44. The van der Waals surface area contributed by atoms with Crippen LogP contribution in [0.4, 0.5) is 0 Å². The predicted octanol–water partition coefficient (Wildman–Crippen LogP) is 4.48. The molecule has 1 saturated carbocycles. The molecule has 136 valence electrons. The summed E-state index contributed by atoms with van der Waals surface area (Å²) >= 11 is 6.21. The molecule has 0 spiro atoms. The number of amides is 1. The van der Waals surface area contributed by atoms with E-state index in [0.717, 1.165) is 42.7 Å². The first-order valence-corrected chi connectivity index (χ1v) is 9.88. The Labute approximate surface area is 160 Å². The van der Waals surface area contributed by atoms with Crippen molar-refractivity contribution in [3.8, 4) is 0 Å². The van der Waals surface area contributed by atoms with Gasteiger partial charge in [-0.15, -0.1) is 0 Å². The summed E-state index contributed by atoms with van der Waals surface area (Å²) in [5.41, 5.74) is 9.79. The molecule has 0 radical (unpaired) electrons. The van der Waals surface area contributed by atoms with Crippen molar-refractivity contribution in [1.82, 2.24) is 4.90 Å². The molecule has 3 unspecified atom stereocenters.